The Bertz CT molecular complexity index is 986. The predicted molar refractivity (Wildman–Crippen MR) is 172 cm³/mol. The zero-order chi connectivity index (χ0) is 29.8. The molecular formula is C36H54O7. The number of fused-ring (bicyclic) bond motifs is 2. The van der Waals surface area contributed by atoms with E-state index in [1.54, 1.807) is 12.2 Å². The Morgan fingerprint density at radius 2 is 1.40 bits per heavy atom. The van der Waals surface area contributed by atoms with Gasteiger partial charge in [-0.05, 0) is 81.5 Å². The van der Waals surface area contributed by atoms with Gasteiger partial charge in [-0.3, -0.25) is 0 Å². The van der Waals surface area contributed by atoms with E-state index in [0.29, 0.717) is 50.3 Å². The van der Waals surface area contributed by atoms with Crippen LogP contribution in [0.5, 0.6) is 11.5 Å². The van der Waals surface area contributed by atoms with E-state index in [0.717, 1.165) is 43.2 Å². The van der Waals surface area contributed by atoms with Gasteiger partial charge in [0, 0.05) is 0 Å². The van der Waals surface area contributed by atoms with Crippen molar-refractivity contribution in [1.29, 1.82) is 0 Å². The number of hydrogen-bond acceptors (Lipinski definition) is 7. The third kappa shape index (κ3) is 13.0. The van der Waals surface area contributed by atoms with Crippen molar-refractivity contribution in [2.75, 3.05) is 39.6 Å². The number of ether oxygens (including phenoxy) is 7. The van der Waals surface area contributed by atoms with Gasteiger partial charge in [0.25, 0.3) is 0 Å². The lowest BCUT2D eigenvalue weighted by Gasteiger charge is -2.18. The van der Waals surface area contributed by atoms with Gasteiger partial charge in [0.2, 0.25) is 0 Å². The highest BCUT2D eigenvalue weighted by Crippen LogP contribution is 2.49. The van der Waals surface area contributed by atoms with Gasteiger partial charge in [-0.1, -0.05) is 38.3 Å². The van der Waals surface area contributed by atoms with Gasteiger partial charge in [-0.25, -0.2) is 0 Å². The molecule has 8 unspecified atom stereocenters. The van der Waals surface area contributed by atoms with Crippen molar-refractivity contribution >= 4 is 0 Å². The second-order valence-corrected chi connectivity index (χ2v) is 11.8. The molecule has 43 heavy (non-hydrogen) atoms. The average molecular weight is 599 g/mol. The maximum absolute atomic E-state index is 5.55. The van der Waals surface area contributed by atoms with Crippen LogP contribution in [0, 0.1) is 11.8 Å². The van der Waals surface area contributed by atoms with Crippen molar-refractivity contribution in [3.05, 3.63) is 74.9 Å². The monoisotopic (exact) mass is 598 g/mol. The number of allylic oxidation sites excluding steroid dienone is 2. The summed E-state index contributed by atoms with van der Waals surface area (Å²) in [5.74, 6) is 3.13. The Hall–Kier alpha value is -2.42. The first-order chi connectivity index (χ1) is 20.5. The fourth-order valence-corrected chi connectivity index (χ4v) is 5.12. The summed E-state index contributed by atoms with van der Waals surface area (Å²) >= 11 is 0. The highest BCUT2D eigenvalue weighted by molar-refractivity contribution is 5.31. The molecule has 4 saturated heterocycles. The van der Waals surface area contributed by atoms with E-state index in [9.17, 15) is 0 Å². The van der Waals surface area contributed by atoms with Crippen LogP contribution in [0.25, 0.3) is 0 Å². The lowest BCUT2D eigenvalue weighted by molar-refractivity contribution is 0.141. The SMILES string of the molecule is C.C=CC1CCC2(C)OC2C1.C=CC1CCC2OC2C1.C=CCOCC1CO1.C=CCOc1ccc(OCC2CO2)cc1. The molecule has 0 bridgehead atoms. The van der Waals surface area contributed by atoms with Crippen molar-refractivity contribution < 1.29 is 33.2 Å². The van der Waals surface area contributed by atoms with E-state index in [2.05, 4.69) is 45.4 Å². The van der Waals surface area contributed by atoms with E-state index in [1.807, 2.05) is 24.3 Å². The minimum Gasteiger partial charge on any atom is -0.491 e. The molecule has 4 aliphatic heterocycles. The first-order valence-electron chi connectivity index (χ1n) is 15.4. The minimum absolute atomic E-state index is 0. The summed E-state index contributed by atoms with van der Waals surface area (Å²) in [6, 6.07) is 7.54. The largest absolute Gasteiger partial charge is 0.491 e. The van der Waals surface area contributed by atoms with Crippen LogP contribution in [-0.4, -0.2) is 75.8 Å². The van der Waals surface area contributed by atoms with E-state index in [-0.39, 0.29) is 13.0 Å². The molecule has 6 aliphatic rings. The Balaban J connectivity index is 0.000000161. The fraction of sp³-hybridized carbons (Fsp3) is 0.611. The van der Waals surface area contributed by atoms with Crippen molar-refractivity contribution in [1.82, 2.24) is 0 Å². The van der Waals surface area contributed by atoms with Crippen molar-refractivity contribution in [3.8, 4) is 11.5 Å². The summed E-state index contributed by atoms with van der Waals surface area (Å²) in [6.45, 7) is 21.1. The normalized spacial score (nSPS) is 33.1. The fourth-order valence-electron chi connectivity index (χ4n) is 5.12. The highest BCUT2D eigenvalue weighted by Gasteiger charge is 2.54. The van der Waals surface area contributed by atoms with Gasteiger partial charge in [-0.2, -0.15) is 0 Å². The van der Waals surface area contributed by atoms with Crippen LogP contribution in [0.15, 0.2) is 74.9 Å². The molecule has 7 rings (SSSR count). The predicted octanol–water partition coefficient (Wildman–Crippen LogP) is 7.12. The second kappa shape index (κ2) is 17.8. The standard InChI is InChI=1S/C12H14O3.C9H14O.C8H12O.C6H10O2.CH4/c1-2-7-13-10-3-5-11(6-4-10)14-8-12-9-15-12;1-3-7-4-5-9(2)8(6-7)10-9;1-2-6-3-4-7-8(5-6)9-7;1-2-3-7-4-6-5-8-6;/h2-6,12H,1,7-9H2;3,7-8H,1,4-6H2,2H3;2,6-8H,1,3-5H2;2,6H,1,3-5H2;1H4. The number of benzene rings is 1. The molecule has 1 aromatic rings. The Labute approximate surface area is 259 Å². The van der Waals surface area contributed by atoms with Crippen molar-refractivity contribution in [3.63, 3.8) is 0 Å². The van der Waals surface area contributed by atoms with Crippen LogP contribution in [0.2, 0.25) is 0 Å². The quantitative estimate of drug-likeness (QED) is 0.144. The molecule has 0 aromatic heterocycles. The first kappa shape index (κ1) is 35.1. The molecule has 7 nitrogen and oxygen atoms in total. The van der Waals surface area contributed by atoms with Crippen LogP contribution < -0.4 is 9.47 Å². The summed E-state index contributed by atoms with van der Waals surface area (Å²) in [4.78, 5) is 0. The van der Waals surface area contributed by atoms with Gasteiger partial charge < -0.3 is 33.2 Å². The molecule has 240 valence electrons. The number of rotatable bonds is 12. The Morgan fingerprint density at radius 3 is 1.95 bits per heavy atom. The van der Waals surface area contributed by atoms with Crippen LogP contribution in [-0.2, 0) is 23.7 Å². The van der Waals surface area contributed by atoms with Crippen LogP contribution in [0.1, 0.15) is 52.9 Å². The first-order valence-corrected chi connectivity index (χ1v) is 15.4. The van der Waals surface area contributed by atoms with Crippen LogP contribution >= 0.6 is 0 Å². The molecule has 4 heterocycles. The smallest absolute Gasteiger partial charge is 0.120 e. The third-order valence-electron chi connectivity index (χ3n) is 8.25. The summed E-state index contributed by atoms with van der Waals surface area (Å²) < 4.78 is 36.8. The summed E-state index contributed by atoms with van der Waals surface area (Å²) in [5, 5.41) is 0. The van der Waals surface area contributed by atoms with Gasteiger partial charge in [0.05, 0.1) is 50.3 Å². The highest BCUT2D eigenvalue weighted by atomic mass is 16.6. The van der Waals surface area contributed by atoms with E-state index >= 15 is 0 Å². The maximum Gasteiger partial charge on any atom is 0.120 e. The lowest BCUT2D eigenvalue weighted by Crippen LogP contribution is -2.19. The molecule has 7 heteroatoms. The van der Waals surface area contributed by atoms with Gasteiger partial charge in [0.15, 0.2) is 0 Å². The molecule has 8 atom stereocenters. The molecule has 0 spiro atoms. The minimum atomic E-state index is 0. The Morgan fingerprint density at radius 1 is 0.791 bits per heavy atom. The van der Waals surface area contributed by atoms with Crippen LogP contribution in [0.4, 0.5) is 0 Å². The topological polar surface area (TPSA) is 77.8 Å². The maximum atomic E-state index is 5.55. The molecule has 0 radical (unpaired) electrons. The average Bonchev–Trinajstić information content (AvgIpc) is 3.84. The zero-order valence-corrected chi connectivity index (χ0v) is 25.3. The lowest BCUT2D eigenvalue weighted by atomic mass is 9.83. The molecular weight excluding hydrogens is 544 g/mol. The number of epoxide rings is 4. The summed E-state index contributed by atoms with van der Waals surface area (Å²) in [6.07, 6.45) is 17.6. The molecule has 2 saturated carbocycles. The number of hydrogen-bond donors (Lipinski definition) is 0. The molecule has 6 fully saturated rings. The van der Waals surface area contributed by atoms with Gasteiger partial charge in [-0.15, -0.1) is 19.7 Å². The van der Waals surface area contributed by atoms with Gasteiger partial charge >= 0.3 is 0 Å². The molecule has 0 N–H and O–H groups in total. The summed E-state index contributed by atoms with van der Waals surface area (Å²) in [5.41, 5.74) is 0.277. The van der Waals surface area contributed by atoms with Crippen molar-refractivity contribution in [2.45, 2.75) is 89.0 Å². The molecule has 2 aliphatic carbocycles. The zero-order valence-electron chi connectivity index (χ0n) is 25.3. The van der Waals surface area contributed by atoms with E-state index in [1.165, 1.54) is 38.5 Å². The second-order valence-electron chi connectivity index (χ2n) is 11.8. The van der Waals surface area contributed by atoms with Gasteiger partial charge in [0.1, 0.15) is 36.9 Å². The third-order valence-corrected chi connectivity index (χ3v) is 8.25. The summed E-state index contributed by atoms with van der Waals surface area (Å²) in [7, 11) is 0. The molecule has 0 amide bonds. The van der Waals surface area contributed by atoms with E-state index in [4.69, 9.17) is 33.2 Å². The van der Waals surface area contributed by atoms with E-state index < -0.39 is 0 Å². The van der Waals surface area contributed by atoms with Crippen LogP contribution in [0.3, 0.4) is 0 Å². The van der Waals surface area contributed by atoms with Crippen molar-refractivity contribution in [2.24, 2.45) is 11.8 Å². The Kier molecular flexibility index (Phi) is 14.5. The molecule has 1 aromatic carbocycles.